The Bertz CT molecular complexity index is 529. The molecule has 0 heterocycles. The number of alkyl halides is 3. The minimum absolute atomic E-state index is 0.0652. The SMILES string of the molecule is CCN(CC(=O)O)c1ccc(C(F)(F)F)cc1C(N)=O. The van der Waals surface area contributed by atoms with E-state index in [1.807, 2.05) is 0 Å². The van der Waals surface area contributed by atoms with Crippen molar-refractivity contribution in [3.05, 3.63) is 29.3 Å². The summed E-state index contributed by atoms with van der Waals surface area (Å²) in [6, 6.07) is 2.46. The number of hydrogen-bond donors (Lipinski definition) is 2. The van der Waals surface area contributed by atoms with Gasteiger partial charge in [-0.2, -0.15) is 13.2 Å². The number of rotatable bonds is 5. The maximum atomic E-state index is 12.6. The highest BCUT2D eigenvalue weighted by atomic mass is 19.4. The Labute approximate surface area is 112 Å². The average Bonchev–Trinajstić information content (AvgIpc) is 2.33. The van der Waals surface area contributed by atoms with Gasteiger partial charge >= 0.3 is 12.1 Å². The van der Waals surface area contributed by atoms with Crippen molar-refractivity contribution in [1.29, 1.82) is 0 Å². The molecule has 8 heteroatoms. The molecule has 0 saturated heterocycles. The molecule has 1 aromatic rings. The molecular formula is C12H13F3N2O3. The lowest BCUT2D eigenvalue weighted by Gasteiger charge is -2.23. The maximum absolute atomic E-state index is 12.6. The van der Waals surface area contributed by atoms with Crippen LogP contribution in [0.3, 0.4) is 0 Å². The number of aliphatic carboxylic acids is 1. The molecule has 1 amide bonds. The van der Waals surface area contributed by atoms with Gasteiger partial charge in [0, 0.05) is 6.54 Å². The van der Waals surface area contributed by atoms with Gasteiger partial charge in [0.05, 0.1) is 16.8 Å². The summed E-state index contributed by atoms with van der Waals surface area (Å²) in [5.41, 5.74) is 3.76. The molecule has 0 fully saturated rings. The van der Waals surface area contributed by atoms with E-state index in [1.165, 1.54) is 4.90 Å². The minimum atomic E-state index is -4.60. The third kappa shape index (κ3) is 3.62. The van der Waals surface area contributed by atoms with Crippen molar-refractivity contribution in [3.63, 3.8) is 0 Å². The monoisotopic (exact) mass is 290 g/mol. The number of benzene rings is 1. The van der Waals surface area contributed by atoms with Crippen LogP contribution in [0.15, 0.2) is 18.2 Å². The molecule has 0 aliphatic heterocycles. The zero-order valence-corrected chi connectivity index (χ0v) is 10.6. The van der Waals surface area contributed by atoms with E-state index in [2.05, 4.69) is 0 Å². The molecule has 110 valence electrons. The second-order valence-corrected chi connectivity index (χ2v) is 4.00. The van der Waals surface area contributed by atoms with Gasteiger partial charge < -0.3 is 15.7 Å². The van der Waals surface area contributed by atoms with Crippen molar-refractivity contribution >= 4 is 17.6 Å². The Morgan fingerprint density at radius 3 is 2.35 bits per heavy atom. The molecule has 0 unspecified atom stereocenters. The van der Waals surface area contributed by atoms with Gasteiger partial charge in [-0.3, -0.25) is 9.59 Å². The third-order valence-electron chi connectivity index (χ3n) is 2.64. The summed E-state index contributed by atoms with van der Waals surface area (Å²) in [4.78, 5) is 23.3. The van der Waals surface area contributed by atoms with Crippen LogP contribution in [0, 0.1) is 0 Å². The fraction of sp³-hybridized carbons (Fsp3) is 0.333. The molecule has 0 spiro atoms. The molecule has 3 N–H and O–H groups in total. The topological polar surface area (TPSA) is 83.6 Å². The van der Waals surface area contributed by atoms with Gasteiger partial charge in [0.15, 0.2) is 0 Å². The highest BCUT2D eigenvalue weighted by Crippen LogP contribution is 2.32. The summed E-state index contributed by atoms with van der Waals surface area (Å²) < 4.78 is 37.8. The largest absolute Gasteiger partial charge is 0.480 e. The lowest BCUT2D eigenvalue weighted by molar-refractivity contribution is -0.138. The summed E-state index contributed by atoms with van der Waals surface area (Å²) in [6.45, 7) is 1.38. The molecule has 0 radical (unpaired) electrons. The Morgan fingerprint density at radius 1 is 1.35 bits per heavy atom. The van der Waals surface area contributed by atoms with Gasteiger partial charge in [-0.15, -0.1) is 0 Å². The number of carbonyl (C=O) groups is 2. The van der Waals surface area contributed by atoms with Gasteiger partial charge in [-0.05, 0) is 25.1 Å². The molecule has 1 aromatic carbocycles. The minimum Gasteiger partial charge on any atom is -0.480 e. The maximum Gasteiger partial charge on any atom is 0.416 e. The van der Waals surface area contributed by atoms with Gasteiger partial charge in [0.2, 0.25) is 0 Å². The second-order valence-electron chi connectivity index (χ2n) is 4.00. The van der Waals surface area contributed by atoms with Crippen molar-refractivity contribution in [1.82, 2.24) is 0 Å². The number of hydrogen-bond acceptors (Lipinski definition) is 3. The van der Waals surface area contributed by atoms with Crippen molar-refractivity contribution in [2.45, 2.75) is 13.1 Å². The number of amides is 1. The van der Waals surface area contributed by atoms with Gasteiger partial charge in [0.25, 0.3) is 5.91 Å². The van der Waals surface area contributed by atoms with Crippen LogP contribution in [-0.4, -0.2) is 30.1 Å². The molecule has 0 saturated carbocycles. The molecule has 1 rings (SSSR count). The average molecular weight is 290 g/mol. The fourth-order valence-electron chi connectivity index (χ4n) is 1.72. The van der Waals surface area contributed by atoms with Gasteiger partial charge in [-0.1, -0.05) is 0 Å². The molecule has 0 aliphatic rings. The first-order chi connectivity index (χ1) is 9.16. The Balaban J connectivity index is 3.32. The van der Waals surface area contributed by atoms with Crippen LogP contribution in [0.2, 0.25) is 0 Å². The smallest absolute Gasteiger partial charge is 0.416 e. The molecule has 0 aliphatic carbocycles. The van der Waals surface area contributed by atoms with Gasteiger partial charge in [-0.25, -0.2) is 0 Å². The van der Waals surface area contributed by atoms with Crippen LogP contribution < -0.4 is 10.6 Å². The van der Waals surface area contributed by atoms with Crippen LogP contribution in [0.4, 0.5) is 18.9 Å². The van der Waals surface area contributed by atoms with E-state index in [4.69, 9.17) is 10.8 Å². The van der Waals surface area contributed by atoms with Crippen molar-refractivity contribution < 1.29 is 27.9 Å². The normalized spacial score (nSPS) is 11.2. The van der Waals surface area contributed by atoms with Crippen LogP contribution in [0.25, 0.3) is 0 Å². The number of carboxylic acid groups (broad SMARTS) is 1. The molecular weight excluding hydrogens is 277 g/mol. The zero-order valence-electron chi connectivity index (χ0n) is 10.6. The highest BCUT2D eigenvalue weighted by molar-refractivity contribution is 5.99. The Hall–Kier alpha value is -2.25. The Morgan fingerprint density at radius 2 is 1.95 bits per heavy atom. The number of carbonyl (C=O) groups excluding carboxylic acids is 1. The summed E-state index contributed by atoms with van der Waals surface area (Å²) in [7, 11) is 0. The van der Waals surface area contributed by atoms with Crippen LogP contribution >= 0.6 is 0 Å². The van der Waals surface area contributed by atoms with Crippen molar-refractivity contribution in [2.75, 3.05) is 18.0 Å². The van der Waals surface area contributed by atoms with Crippen LogP contribution in [-0.2, 0) is 11.0 Å². The summed E-state index contributed by atoms with van der Waals surface area (Å²) in [5, 5.41) is 8.75. The first-order valence-corrected chi connectivity index (χ1v) is 5.64. The predicted octanol–water partition coefficient (Wildman–Crippen LogP) is 1.72. The van der Waals surface area contributed by atoms with E-state index < -0.39 is 30.2 Å². The van der Waals surface area contributed by atoms with E-state index in [-0.39, 0.29) is 17.8 Å². The van der Waals surface area contributed by atoms with E-state index in [0.717, 1.165) is 12.1 Å². The van der Waals surface area contributed by atoms with E-state index in [1.54, 1.807) is 6.92 Å². The molecule has 0 aromatic heterocycles. The third-order valence-corrected chi connectivity index (χ3v) is 2.64. The number of nitrogens with zero attached hydrogens (tertiary/aromatic N) is 1. The highest BCUT2D eigenvalue weighted by Gasteiger charge is 2.32. The number of likely N-dealkylation sites (N-methyl/N-ethyl adjacent to an activating group) is 1. The summed E-state index contributed by atoms with van der Waals surface area (Å²) in [6.07, 6.45) is -4.60. The summed E-state index contributed by atoms with van der Waals surface area (Å²) in [5.74, 6) is -2.21. The van der Waals surface area contributed by atoms with Gasteiger partial charge in [0.1, 0.15) is 6.54 Å². The van der Waals surface area contributed by atoms with Crippen molar-refractivity contribution in [2.24, 2.45) is 5.73 Å². The number of nitrogens with two attached hydrogens (primary N) is 1. The second kappa shape index (κ2) is 5.81. The van der Waals surface area contributed by atoms with Crippen LogP contribution in [0.1, 0.15) is 22.8 Å². The number of primary amides is 1. The first kappa shape index (κ1) is 15.8. The van der Waals surface area contributed by atoms with Crippen molar-refractivity contribution in [3.8, 4) is 0 Å². The molecule has 20 heavy (non-hydrogen) atoms. The Kier molecular flexibility index (Phi) is 4.59. The van der Waals surface area contributed by atoms with E-state index >= 15 is 0 Å². The molecule has 5 nitrogen and oxygen atoms in total. The van der Waals surface area contributed by atoms with E-state index in [0.29, 0.717) is 6.07 Å². The summed E-state index contributed by atoms with van der Waals surface area (Å²) >= 11 is 0. The fourth-order valence-corrected chi connectivity index (χ4v) is 1.72. The standard InChI is InChI=1S/C12H13F3N2O3/c1-2-17(6-10(18)19)9-4-3-7(12(13,14)15)5-8(9)11(16)20/h3-5H,2,6H2,1H3,(H2,16,20)(H,18,19). The molecule has 0 bridgehead atoms. The lowest BCUT2D eigenvalue weighted by atomic mass is 10.1. The quantitative estimate of drug-likeness (QED) is 0.864. The van der Waals surface area contributed by atoms with E-state index in [9.17, 15) is 22.8 Å². The zero-order chi connectivity index (χ0) is 15.5. The number of halogens is 3. The number of anilines is 1. The number of carboxylic acids is 1. The molecule has 0 atom stereocenters. The van der Waals surface area contributed by atoms with Crippen LogP contribution in [0.5, 0.6) is 0 Å². The predicted molar refractivity (Wildman–Crippen MR) is 65.5 cm³/mol. The lowest BCUT2D eigenvalue weighted by Crippen LogP contribution is -2.31. The first-order valence-electron chi connectivity index (χ1n) is 5.64.